The molecule has 27 heavy (non-hydrogen) atoms. The van der Waals surface area contributed by atoms with E-state index in [1.54, 1.807) is 20.4 Å². The lowest BCUT2D eigenvalue weighted by molar-refractivity contribution is -0.167. The SMILES string of the molecule is COCN1CC2(CCCC2)N(COC)C(CCc2cnc(C)nc2Cl)C1=O. The van der Waals surface area contributed by atoms with Gasteiger partial charge in [-0.25, -0.2) is 9.97 Å². The molecule has 1 unspecified atom stereocenters. The van der Waals surface area contributed by atoms with Crippen molar-refractivity contribution in [3.05, 3.63) is 22.7 Å². The highest BCUT2D eigenvalue weighted by Gasteiger charge is 2.51. The number of hydrogen-bond acceptors (Lipinski definition) is 6. The van der Waals surface area contributed by atoms with Crippen LogP contribution in [0.1, 0.15) is 43.5 Å². The van der Waals surface area contributed by atoms with Crippen molar-refractivity contribution in [1.82, 2.24) is 19.8 Å². The van der Waals surface area contributed by atoms with Gasteiger partial charge in [0.2, 0.25) is 5.91 Å². The summed E-state index contributed by atoms with van der Waals surface area (Å²) >= 11 is 6.28. The lowest BCUT2D eigenvalue weighted by Gasteiger charge is -2.52. The molecule has 3 rings (SSSR count). The van der Waals surface area contributed by atoms with Gasteiger partial charge in [-0.3, -0.25) is 9.69 Å². The zero-order valence-electron chi connectivity index (χ0n) is 16.4. The minimum atomic E-state index is -0.260. The second kappa shape index (κ2) is 8.82. The van der Waals surface area contributed by atoms with Crippen LogP contribution in [0.5, 0.6) is 0 Å². The Morgan fingerprint density at radius 3 is 2.59 bits per heavy atom. The Kier molecular flexibility index (Phi) is 6.68. The van der Waals surface area contributed by atoms with E-state index in [4.69, 9.17) is 21.1 Å². The zero-order chi connectivity index (χ0) is 19.4. The van der Waals surface area contributed by atoms with Gasteiger partial charge in [0.1, 0.15) is 17.7 Å². The quantitative estimate of drug-likeness (QED) is 0.659. The maximum Gasteiger partial charge on any atom is 0.241 e. The first-order chi connectivity index (χ1) is 13.0. The zero-order valence-corrected chi connectivity index (χ0v) is 17.2. The van der Waals surface area contributed by atoms with Gasteiger partial charge in [-0.05, 0) is 32.6 Å². The minimum Gasteiger partial charge on any atom is -0.369 e. The van der Waals surface area contributed by atoms with E-state index >= 15 is 0 Å². The Hall–Kier alpha value is -1.28. The molecule has 8 heteroatoms. The van der Waals surface area contributed by atoms with Gasteiger partial charge in [-0.2, -0.15) is 0 Å². The van der Waals surface area contributed by atoms with Crippen molar-refractivity contribution >= 4 is 17.5 Å². The van der Waals surface area contributed by atoms with Crippen molar-refractivity contribution in [2.45, 2.75) is 57.0 Å². The van der Waals surface area contributed by atoms with E-state index in [1.807, 2.05) is 11.8 Å². The molecule has 150 valence electrons. The first-order valence-electron chi connectivity index (χ1n) is 9.52. The van der Waals surface area contributed by atoms with Crippen LogP contribution in [0.2, 0.25) is 5.15 Å². The Balaban J connectivity index is 1.84. The summed E-state index contributed by atoms with van der Waals surface area (Å²) in [6.45, 7) is 3.29. The van der Waals surface area contributed by atoms with Crippen LogP contribution in [0.25, 0.3) is 0 Å². The fraction of sp³-hybridized carbons (Fsp3) is 0.737. The number of aryl methyl sites for hydroxylation is 2. The summed E-state index contributed by atoms with van der Waals surface area (Å²) in [5.74, 6) is 0.741. The molecule has 0 aromatic carbocycles. The fourth-order valence-corrected chi connectivity index (χ4v) is 4.78. The molecule has 1 atom stereocenters. The van der Waals surface area contributed by atoms with Crippen molar-refractivity contribution in [3.8, 4) is 0 Å². The summed E-state index contributed by atoms with van der Waals surface area (Å²) in [4.78, 5) is 25.8. The van der Waals surface area contributed by atoms with Gasteiger partial charge >= 0.3 is 0 Å². The summed E-state index contributed by atoms with van der Waals surface area (Å²) in [6, 6.07) is -0.260. The van der Waals surface area contributed by atoms with E-state index in [0.29, 0.717) is 43.8 Å². The number of aromatic nitrogens is 2. The van der Waals surface area contributed by atoms with E-state index in [9.17, 15) is 4.79 Å². The second-order valence-electron chi connectivity index (χ2n) is 7.56. The molecule has 2 aliphatic rings. The molecule has 1 spiro atoms. The third-order valence-electron chi connectivity index (χ3n) is 5.77. The van der Waals surface area contributed by atoms with Gasteiger partial charge < -0.3 is 14.4 Å². The molecule has 1 aliphatic heterocycles. The number of carbonyl (C=O) groups is 1. The number of halogens is 1. The summed E-state index contributed by atoms with van der Waals surface area (Å²) in [5.41, 5.74) is 0.845. The predicted octanol–water partition coefficient (Wildman–Crippen LogP) is 2.40. The van der Waals surface area contributed by atoms with Crippen LogP contribution in [0.3, 0.4) is 0 Å². The Bertz CT molecular complexity index is 666. The summed E-state index contributed by atoms with van der Waals surface area (Å²) in [6.07, 6.45) is 7.57. The molecule has 1 aromatic heterocycles. The Morgan fingerprint density at radius 1 is 1.26 bits per heavy atom. The van der Waals surface area contributed by atoms with Gasteiger partial charge in [-0.15, -0.1) is 0 Å². The molecule has 7 nitrogen and oxygen atoms in total. The topological polar surface area (TPSA) is 67.8 Å². The first kappa shape index (κ1) is 20.5. The van der Waals surface area contributed by atoms with Crippen LogP contribution in [0, 0.1) is 6.92 Å². The first-order valence-corrected chi connectivity index (χ1v) is 9.90. The number of amides is 1. The maximum absolute atomic E-state index is 13.2. The maximum atomic E-state index is 13.2. The number of methoxy groups -OCH3 is 2. The predicted molar refractivity (Wildman–Crippen MR) is 102 cm³/mol. The molecule has 1 saturated heterocycles. The van der Waals surface area contributed by atoms with Crippen molar-refractivity contribution in [2.24, 2.45) is 0 Å². The molecule has 0 N–H and O–H groups in total. The van der Waals surface area contributed by atoms with Crippen LogP contribution in [0.4, 0.5) is 0 Å². The second-order valence-corrected chi connectivity index (χ2v) is 7.92. The number of hydrogen-bond donors (Lipinski definition) is 0. The summed E-state index contributed by atoms with van der Waals surface area (Å²) in [5, 5.41) is 0.466. The van der Waals surface area contributed by atoms with Crippen molar-refractivity contribution in [1.29, 1.82) is 0 Å². The number of ether oxygens (including phenoxy) is 2. The van der Waals surface area contributed by atoms with E-state index < -0.39 is 0 Å². The molecule has 1 saturated carbocycles. The van der Waals surface area contributed by atoms with E-state index in [2.05, 4.69) is 14.9 Å². The third kappa shape index (κ3) is 4.26. The number of piperazine rings is 1. The fourth-order valence-electron chi connectivity index (χ4n) is 4.51. The lowest BCUT2D eigenvalue weighted by Crippen LogP contribution is -2.68. The van der Waals surface area contributed by atoms with Gasteiger partial charge in [0.15, 0.2) is 0 Å². The van der Waals surface area contributed by atoms with Crippen molar-refractivity contribution in [2.75, 3.05) is 34.2 Å². The van der Waals surface area contributed by atoms with Crippen LogP contribution in [-0.4, -0.2) is 71.5 Å². The van der Waals surface area contributed by atoms with E-state index in [-0.39, 0.29) is 17.5 Å². The molecule has 1 amide bonds. The number of carbonyl (C=O) groups excluding carboxylic acids is 1. The molecule has 2 heterocycles. The van der Waals surface area contributed by atoms with Gasteiger partial charge in [0.25, 0.3) is 0 Å². The minimum absolute atomic E-state index is 0.0271. The molecule has 1 aromatic rings. The number of nitrogens with zero attached hydrogens (tertiary/aromatic N) is 4. The molecular formula is C19H29ClN4O3. The highest BCUT2D eigenvalue weighted by atomic mass is 35.5. The molecule has 1 aliphatic carbocycles. The largest absolute Gasteiger partial charge is 0.369 e. The summed E-state index contributed by atoms with van der Waals surface area (Å²) in [7, 11) is 3.32. The standard InChI is InChI=1S/C19H29ClN4O3/c1-14-21-10-15(17(20)22-14)6-7-16-18(25)23(12-26-2)11-19(8-4-5-9-19)24(16)13-27-3/h10,16H,4-9,11-13H2,1-3H3. The molecule has 0 radical (unpaired) electrons. The molecular weight excluding hydrogens is 368 g/mol. The number of rotatable bonds is 7. The lowest BCUT2D eigenvalue weighted by atomic mass is 9.87. The third-order valence-corrected chi connectivity index (χ3v) is 6.10. The Morgan fingerprint density at radius 2 is 1.96 bits per heavy atom. The normalized spacial score (nSPS) is 22.7. The average Bonchev–Trinajstić information content (AvgIpc) is 3.10. The molecule has 0 bridgehead atoms. The van der Waals surface area contributed by atoms with Gasteiger partial charge in [0, 0.05) is 38.1 Å². The van der Waals surface area contributed by atoms with Gasteiger partial charge in [-0.1, -0.05) is 24.4 Å². The van der Waals surface area contributed by atoms with Crippen LogP contribution in [0.15, 0.2) is 6.20 Å². The molecule has 2 fully saturated rings. The summed E-state index contributed by atoms with van der Waals surface area (Å²) < 4.78 is 10.8. The average molecular weight is 397 g/mol. The van der Waals surface area contributed by atoms with E-state index in [1.165, 1.54) is 12.8 Å². The smallest absolute Gasteiger partial charge is 0.241 e. The van der Waals surface area contributed by atoms with Crippen molar-refractivity contribution < 1.29 is 14.3 Å². The highest BCUT2D eigenvalue weighted by molar-refractivity contribution is 6.30. The van der Waals surface area contributed by atoms with Crippen LogP contribution >= 0.6 is 11.6 Å². The monoisotopic (exact) mass is 396 g/mol. The van der Waals surface area contributed by atoms with Crippen LogP contribution < -0.4 is 0 Å². The van der Waals surface area contributed by atoms with Gasteiger partial charge in [0.05, 0.1) is 12.8 Å². The highest BCUT2D eigenvalue weighted by Crippen LogP contribution is 2.41. The van der Waals surface area contributed by atoms with Crippen LogP contribution in [-0.2, 0) is 20.7 Å². The Labute approximate surface area is 166 Å². The van der Waals surface area contributed by atoms with E-state index in [0.717, 1.165) is 18.4 Å². The van der Waals surface area contributed by atoms with Crippen molar-refractivity contribution in [3.63, 3.8) is 0 Å².